The number of alkyl halides is 1. The zero-order valence-corrected chi connectivity index (χ0v) is 8.03. The lowest BCUT2D eigenvalue weighted by Gasteiger charge is -1.93. The van der Waals surface area contributed by atoms with Crippen LogP contribution in [-0.2, 0) is 4.79 Å². The molecule has 0 saturated heterocycles. The number of hydrogen-bond donors (Lipinski definition) is 1. The predicted octanol–water partition coefficient (Wildman–Crippen LogP) is -0.449. The number of hydrogen-bond acceptors (Lipinski definition) is 1. The first-order chi connectivity index (χ1) is 3.81. The van der Waals surface area contributed by atoms with E-state index in [4.69, 9.17) is 0 Å². The molecule has 0 spiro atoms. The van der Waals surface area contributed by atoms with Crippen LogP contribution in [0.4, 0.5) is 0 Å². The lowest BCUT2D eigenvalue weighted by molar-refractivity contribution is -0.116. The Morgan fingerprint density at radius 3 is 2.88 bits per heavy atom. The summed E-state index contributed by atoms with van der Waals surface area (Å²) in [6.45, 7) is 0. The highest BCUT2D eigenvalue weighted by Gasteiger charge is 1.95. The Bertz CT molecular complexity index is 82.4. The van der Waals surface area contributed by atoms with Gasteiger partial charge in [0.25, 0.3) is 0 Å². The molecule has 0 bridgehead atoms. The van der Waals surface area contributed by atoms with Crippen LogP contribution in [-0.4, -0.2) is 23.6 Å². The van der Waals surface area contributed by atoms with Crippen molar-refractivity contribution < 1.29 is 4.79 Å². The van der Waals surface area contributed by atoms with Crippen molar-refractivity contribution in [2.45, 2.75) is 0 Å². The molecule has 0 saturated carbocycles. The van der Waals surface area contributed by atoms with E-state index < -0.39 is 0 Å². The molecule has 0 heterocycles. The number of nitrogens with one attached hydrogen (secondary N) is 1. The maximum atomic E-state index is 10.4. The molecule has 0 aliphatic heterocycles. The first-order valence-corrected chi connectivity index (χ1v) is 4.84. The second-order valence-corrected chi connectivity index (χ2v) is 2.81. The van der Waals surface area contributed by atoms with Gasteiger partial charge in [-0.1, -0.05) is 15.9 Å². The summed E-state index contributed by atoms with van der Waals surface area (Å²) < 4.78 is 0. The predicted molar refractivity (Wildman–Crippen MR) is 50.3 cm³/mol. The molecule has 0 aromatic heterocycles. The third-order valence-corrected chi connectivity index (χ3v) is 1.59. The summed E-state index contributed by atoms with van der Waals surface area (Å²) in [6, 6.07) is 0. The molecule has 8 heavy (non-hydrogen) atoms. The Morgan fingerprint density at radius 2 is 2.50 bits per heavy atom. The fourth-order valence-corrected chi connectivity index (χ4v) is 0.702. The molecule has 44 valence electrons. The van der Waals surface area contributed by atoms with Gasteiger partial charge in [-0.15, -0.1) is 0 Å². The summed E-state index contributed by atoms with van der Waals surface area (Å²) >= 11 is 5.24. The Hall–Kier alpha value is 0.810. The maximum absolute atomic E-state index is 10.4. The molecule has 1 amide bonds. The maximum Gasteiger partial charge on any atom is 0.218 e. The van der Waals surface area contributed by atoms with Crippen LogP contribution in [0.1, 0.15) is 0 Å². The summed E-state index contributed by atoms with van der Waals surface area (Å²) in [5, 5.41) is 4.06. The van der Waals surface area contributed by atoms with Crippen molar-refractivity contribution in [2.24, 2.45) is 0 Å². The van der Waals surface area contributed by atoms with E-state index in [1.807, 2.05) is 0 Å². The second-order valence-electron chi connectivity index (χ2n) is 1.17. The summed E-state index contributed by atoms with van der Waals surface area (Å²) in [5.41, 5.74) is 0. The van der Waals surface area contributed by atoms with Gasteiger partial charge in [-0.25, -0.2) is 0 Å². The number of amides is 1. The Balaban J connectivity index is 2.99. The molecule has 0 fully saturated rings. The molecular weight excluding hydrogens is 282 g/mol. The van der Waals surface area contributed by atoms with Gasteiger partial charge in [-0.3, -0.25) is 4.79 Å². The van der Waals surface area contributed by atoms with Crippen LogP contribution in [0, 0.1) is 0 Å². The van der Waals surface area contributed by atoms with E-state index >= 15 is 0 Å². The SMILES string of the molecule is O=C(CBr)NBBI. The van der Waals surface area contributed by atoms with E-state index in [0.29, 0.717) is 5.33 Å². The summed E-state index contributed by atoms with van der Waals surface area (Å²) in [6.07, 6.45) is 0. The lowest BCUT2D eigenvalue weighted by Crippen LogP contribution is -2.30. The topological polar surface area (TPSA) is 29.1 Å². The summed E-state index contributed by atoms with van der Waals surface area (Å²) in [5.74, 6) is 0.0571. The van der Waals surface area contributed by atoms with Crippen LogP contribution in [0.3, 0.4) is 0 Å². The molecule has 1 N–H and O–H groups in total. The molecule has 0 atom stereocenters. The normalized spacial score (nSPS) is 7.75. The molecule has 0 aromatic rings. The Kier molecular flexibility index (Phi) is 6.54. The van der Waals surface area contributed by atoms with Crippen LogP contribution in [0.25, 0.3) is 0 Å². The smallest absolute Gasteiger partial charge is 0.218 e. The van der Waals surface area contributed by atoms with Crippen LogP contribution >= 0.6 is 38.3 Å². The Labute approximate surface area is 71.7 Å². The van der Waals surface area contributed by atoms with Crippen molar-refractivity contribution in [2.75, 3.05) is 5.33 Å². The molecule has 0 aliphatic carbocycles. The van der Waals surface area contributed by atoms with E-state index in [1.54, 1.807) is 0 Å². The van der Waals surface area contributed by atoms with E-state index in [-0.39, 0.29) is 5.91 Å². The molecule has 2 nitrogen and oxygen atoms in total. The van der Waals surface area contributed by atoms with Gasteiger partial charge in [0.15, 0.2) is 5.03 Å². The minimum atomic E-state index is 0.0571. The summed E-state index contributed by atoms with van der Waals surface area (Å²) in [7, 11) is 0.769. The molecule has 0 rings (SSSR count). The van der Waals surface area contributed by atoms with E-state index in [2.05, 4.69) is 43.5 Å². The highest BCUT2D eigenvalue weighted by atomic mass is 127. The van der Waals surface area contributed by atoms with Gasteiger partial charge in [0.05, 0.1) is 5.33 Å². The van der Waals surface area contributed by atoms with Gasteiger partial charge in [0.2, 0.25) is 13.2 Å². The quantitative estimate of drug-likeness (QED) is 0.425. The molecule has 6 heteroatoms. The van der Waals surface area contributed by atoms with Gasteiger partial charge < -0.3 is 5.23 Å². The van der Waals surface area contributed by atoms with Crippen molar-refractivity contribution >= 4 is 56.5 Å². The minimum absolute atomic E-state index is 0.0571. The zero-order valence-electron chi connectivity index (χ0n) is 4.29. The van der Waals surface area contributed by atoms with Crippen molar-refractivity contribution in [3.8, 4) is 0 Å². The zero-order chi connectivity index (χ0) is 6.41. The molecule has 0 aliphatic rings. The van der Waals surface area contributed by atoms with Gasteiger partial charge in [-0.05, 0) is 0 Å². The highest BCUT2D eigenvalue weighted by molar-refractivity contribution is 14.1. The third kappa shape index (κ3) is 4.96. The van der Waals surface area contributed by atoms with Crippen LogP contribution < -0.4 is 5.23 Å². The highest BCUT2D eigenvalue weighted by Crippen LogP contribution is 1.76. The fraction of sp³-hybridized carbons (Fsp3) is 0.500. The molecule has 0 aromatic carbocycles. The number of halogens is 2. The average Bonchev–Trinajstić information content (AvgIpc) is 1.83. The van der Waals surface area contributed by atoms with E-state index in [9.17, 15) is 4.79 Å². The first kappa shape index (κ1) is 8.81. The minimum Gasteiger partial charge on any atom is -0.408 e. The molecule has 0 unspecified atom stereocenters. The van der Waals surface area contributed by atoms with Gasteiger partial charge in [0, 0.05) is 0 Å². The monoisotopic (exact) mass is 287 g/mol. The van der Waals surface area contributed by atoms with Crippen LogP contribution in [0.5, 0.6) is 0 Å². The number of carbonyl (C=O) groups is 1. The van der Waals surface area contributed by atoms with Gasteiger partial charge >= 0.3 is 0 Å². The first-order valence-electron chi connectivity index (χ1n) is 2.20. The average molecular weight is 288 g/mol. The third-order valence-electron chi connectivity index (χ3n) is 0.538. The summed E-state index contributed by atoms with van der Waals surface area (Å²) in [4.78, 5) is 10.4. The molecular formula is C2H5B2BrINO. The lowest BCUT2D eigenvalue weighted by atomic mass is 9.67. The van der Waals surface area contributed by atoms with Crippen molar-refractivity contribution in [1.29, 1.82) is 0 Å². The number of carbonyl (C=O) groups excluding carboxylic acids is 1. The van der Waals surface area contributed by atoms with Crippen molar-refractivity contribution in [1.82, 2.24) is 5.23 Å². The van der Waals surface area contributed by atoms with E-state index in [1.165, 1.54) is 0 Å². The largest absolute Gasteiger partial charge is 0.408 e. The Morgan fingerprint density at radius 1 is 1.88 bits per heavy atom. The van der Waals surface area contributed by atoms with Crippen molar-refractivity contribution in [3.63, 3.8) is 0 Å². The van der Waals surface area contributed by atoms with Crippen molar-refractivity contribution in [3.05, 3.63) is 0 Å². The van der Waals surface area contributed by atoms with Gasteiger partial charge in [-0.2, -0.15) is 22.4 Å². The van der Waals surface area contributed by atoms with Crippen LogP contribution in [0.2, 0.25) is 0 Å². The second kappa shape index (κ2) is 5.94. The van der Waals surface area contributed by atoms with E-state index in [0.717, 1.165) is 12.3 Å². The van der Waals surface area contributed by atoms with Crippen LogP contribution in [0.15, 0.2) is 0 Å². The number of rotatable bonds is 3. The van der Waals surface area contributed by atoms with Gasteiger partial charge in [0.1, 0.15) is 0 Å². The fourth-order valence-electron chi connectivity index (χ4n) is 0.234. The molecule has 0 radical (unpaired) electrons. The standard InChI is InChI=1S/C2H5B2BrINO/c5-1-2(8)7-4-3-6/h3-4H,1H2,(H,7,8).